The third kappa shape index (κ3) is 13.4. The molecule has 0 amide bonds. The van der Waals surface area contributed by atoms with Crippen LogP contribution in [-0.4, -0.2) is 0 Å². The lowest BCUT2D eigenvalue weighted by atomic mass is 9.67. The second-order valence-electron chi connectivity index (χ2n) is 31.3. The van der Waals surface area contributed by atoms with Gasteiger partial charge in [0, 0.05) is 54.3 Å². The van der Waals surface area contributed by atoms with E-state index in [0.29, 0.717) is 23.0 Å². The monoisotopic (exact) mass is 1610 g/mol. The molecule has 123 heavy (non-hydrogen) atoms. The highest BCUT2D eigenvalue weighted by molar-refractivity contribution is 7.25. The van der Waals surface area contributed by atoms with E-state index >= 15 is 8.78 Å². The van der Waals surface area contributed by atoms with Crippen molar-refractivity contribution in [2.24, 2.45) is 0 Å². The molecule has 2 atom stereocenters. The Balaban J connectivity index is 0.735. The number of thiophene rings is 1. The van der Waals surface area contributed by atoms with Crippen LogP contribution in [0.25, 0.3) is 99.1 Å². The highest BCUT2D eigenvalue weighted by Crippen LogP contribution is 2.60. The van der Waals surface area contributed by atoms with Crippen molar-refractivity contribution in [3.63, 3.8) is 0 Å². The largest absolute Gasteiger partial charge is 0.457 e. The van der Waals surface area contributed by atoms with Gasteiger partial charge in [0.05, 0.1) is 10.8 Å². The van der Waals surface area contributed by atoms with Gasteiger partial charge in [-0.25, -0.2) is 17.6 Å². The van der Waals surface area contributed by atoms with Crippen LogP contribution in [0.3, 0.4) is 0 Å². The molecule has 0 saturated heterocycles. The summed E-state index contributed by atoms with van der Waals surface area (Å²) < 4.78 is 74.9. The first-order valence-electron chi connectivity index (χ1n) is 40.9. The normalized spacial score (nSPS) is 14.1. The van der Waals surface area contributed by atoms with Crippen LogP contribution in [0.5, 0.6) is 23.0 Å². The number of hydrogen-bond acceptors (Lipinski definition) is 5. The zero-order valence-electron chi connectivity index (χ0n) is 66.5. The Morgan fingerprint density at radius 1 is 0.236 bits per heavy atom. The molecule has 2 aliphatic carbocycles. The van der Waals surface area contributed by atoms with Crippen molar-refractivity contribution in [1.82, 2.24) is 0 Å². The molecule has 1 heterocycles. The third-order valence-corrected chi connectivity index (χ3v) is 25.5. The Hall–Kier alpha value is -15.4. The summed E-state index contributed by atoms with van der Waals surface area (Å²) in [5, 5.41) is 2.11. The van der Waals surface area contributed by atoms with Crippen molar-refractivity contribution >= 4 is 77.8 Å². The molecule has 0 radical (unpaired) electrons. The molecule has 0 fully saturated rings. The summed E-state index contributed by atoms with van der Waals surface area (Å²) in [5.41, 5.74) is 25.6. The van der Waals surface area contributed by atoms with Crippen LogP contribution in [-0.2, 0) is 10.8 Å². The number of anilines is 6. The van der Waals surface area contributed by atoms with Crippen LogP contribution >= 0.6 is 11.3 Å². The third-order valence-electron chi connectivity index (χ3n) is 24.4. The molecule has 0 spiro atoms. The van der Waals surface area contributed by atoms with Gasteiger partial charge in [0.1, 0.15) is 46.3 Å². The topological polar surface area (TPSA) is 24.9 Å². The fourth-order valence-corrected chi connectivity index (χ4v) is 19.6. The van der Waals surface area contributed by atoms with Crippen molar-refractivity contribution in [2.45, 2.75) is 10.8 Å². The maximum atomic E-state index is 15.6. The van der Waals surface area contributed by atoms with Gasteiger partial charge in [0.2, 0.25) is 0 Å². The van der Waals surface area contributed by atoms with Crippen LogP contribution < -0.4 is 19.3 Å². The minimum absolute atomic E-state index is 0.287. The van der Waals surface area contributed by atoms with E-state index in [2.05, 4.69) is 253 Å². The molecular formula is C114H74F4N2O2S. The standard InChI is InChI=1S/C114H74F4N2O2S/c1-3-73-19-55-97(56-20-73)121-99-59-35-85(36-60-99)113(83-31-43-89(117)44-32-83)107-17-7-5-15-101(107)103-63-51-95(71-109(103)113)119(91-47-27-77(28-48-91)81-13-9-11-79(67-81)75-23-39-87(115)40-24-75)93-53-65-111-105(69-93)106-70-94(54-66-112(106)123-111)120(92-49-29-78(30-50-92)82-14-10-12-80(68-82)76-25-41-88(116)42-26-76)96-52-64-104-102-16-6-8-18-108(102)114(110(104)72-96,84-33-45-90(118)46-34-84)86-37-61-100(62-38-86)122-98-57-21-74(4-2)22-58-98/h3-72H,1-2H2. The molecule has 2 unspecified atom stereocenters. The highest BCUT2D eigenvalue weighted by Gasteiger charge is 2.48. The molecular weight excluding hydrogens is 1540 g/mol. The molecule has 18 aromatic carbocycles. The van der Waals surface area contributed by atoms with Crippen LogP contribution in [0.15, 0.2) is 426 Å². The molecule has 0 bridgehead atoms. The first-order valence-corrected chi connectivity index (χ1v) is 41.7. The number of nitrogens with zero attached hydrogens (tertiary/aromatic N) is 2. The van der Waals surface area contributed by atoms with Crippen LogP contribution in [0.1, 0.15) is 55.6 Å². The van der Waals surface area contributed by atoms with Gasteiger partial charge < -0.3 is 19.3 Å². The molecule has 1 aromatic heterocycles. The van der Waals surface area contributed by atoms with Gasteiger partial charge >= 0.3 is 0 Å². The van der Waals surface area contributed by atoms with Crippen LogP contribution in [0.4, 0.5) is 51.7 Å². The lowest BCUT2D eigenvalue weighted by molar-refractivity contribution is 0.482. The van der Waals surface area contributed by atoms with E-state index in [1.54, 1.807) is 35.6 Å². The summed E-state index contributed by atoms with van der Waals surface area (Å²) in [6, 6.07) is 138. The van der Waals surface area contributed by atoms with E-state index in [9.17, 15) is 8.78 Å². The van der Waals surface area contributed by atoms with E-state index in [1.807, 2.05) is 146 Å². The van der Waals surface area contributed by atoms with Crippen molar-refractivity contribution in [2.75, 3.05) is 9.80 Å². The molecule has 586 valence electrons. The number of hydrogen-bond donors (Lipinski definition) is 0. The number of halogens is 4. The SMILES string of the molecule is C=Cc1ccc(Oc2ccc(C3(c4ccc(F)cc4)c4ccccc4-c4ccc(N(c5ccc(-c6cccc(-c7ccc(F)cc7)c6)cc5)c5ccc6sc7ccc(N(c8ccc(-c9cccc(-c%10ccc(F)cc%10)c9)cc8)c8ccc9c(c8)C(c8ccc(F)cc8)(c8ccc(Oc%10ccc(C=C)cc%10)cc8)c8ccccc8-9)cc7c6c5)cc43)cc2)cc1. The van der Waals surface area contributed by atoms with E-state index in [0.717, 1.165) is 177 Å². The summed E-state index contributed by atoms with van der Waals surface area (Å²) in [6.07, 6.45) is 3.62. The molecule has 19 aromatic rings. The quantitative estimate of drug-likeness (QED) is 0.0710. The Kier molecular flexibility index (Phi) is 19.0. The molecule has 0 N–H and O–H groups in total. The summed E-state index contributed by atoms with van der Waals surface area (Å²) in [6.45, 7) is 7.88. The fourth-order valence-electron chi connectivity index (χ4n) is 18.5. The lowest BCUT2D eigenvalue weighted by Crippen LogP contribution is -2.29. The van der Waals surface area contributed by atoms with Crippen molar-refractivity contribution in [3.05, 3.63) is 505 Å². The summed E-state index contributed by atoms with van der Waals surface area (Å²) in [4.78, 5) is 4.70. The predicted octanol–water partition coefficient (Wildman–Crippen LogP) is 31.8. The molecule has 0 saturated carbocycles. The summed E-state index contributed by atoms with van der Waals surface area (Å²) >= 11 is 1.75. The second kappa shape index (κ2) is 31.1. The van der Waals surface area contributed by atoms with E-state index in [1.165, 1.54) is 24.3 Å². The minimum Gasteiger partial charge on any atom is -0.457 e. The van der Waals surface area contributed by atoms with Crippen molar-refractivity contribution in [1.29, 1.82) is 0 Å². The van der Waals surface area contributed by atoms with E-state index in [-0.39, 0.29) is 23.3 Å². The first kappa shape index (κ1) is 75.1. The first-order chi connectivity index (χ1) is 60.4. The van der Waals surface area contributed by atoms with Gasteiger partial charge in [0.25, 0.3) is 0 Å². The number of rotatable bonds is 20. The van der Waals surface area contributed by atoms with Crippen LogP contribution in [0, 0.1) is 23.3 Å². The van der Waals surface area contributed by atoms with Crippen LogP contribution in [0.2, 0.25) is 0 Å². The Labute approximate surface area is 715 Å². The molecule has 0 aliphatic heterocycles. The lowest BCUT2D eigenvalue weighted by Gasteiger charge is -2.35. The summed E-state index contributed by atoms with van der Waals surface area (Å²) in [5.74, 6) is 1.50. The molecule has 4 nitrogen and oxygen atoms in total. The number of benzene rings is 18. The zero-order valence-corrected chi connectivity index (χ0v) is 67.3. The zero-order chi connectivity index (χ0) is 82.9. The van der Waals surface area contributed by atoms with Gasteiger partial charge in [-0.05, 0) is 317 Å². The summed E-state index contributed by atoms with van der Waals surface area (Å²) in [7, 11) is 0. The Morgan fingerprint density at radius 3 is 0.854 bits per heavy atom. The highest BCUT2D eigenvalue weighted by atomic mass is 32.1. The maximum absolute atomic E-state index is 15.6. The van der Waals surface area contributed by atoms with Gasteiger partial charge in [0.15, 0.2) is 0 Å². The maximum Gasteiger partial charge on any atom is 0.127 e. The fraction of sp³-hybridized carbons (Fsp3) is 0.0175. The smallest absolute Gasteiger partial charge is 0.127 e. The number of ether oxygens (including phenoxy) is 2. The average molecular weight is 1610 g/mol. The van der Waals surface area contributed by atoms with Crippen molar-refractivity contribution in [3.8, 4) is 89.8 Å². The van der Waals surface area contributed by atoms with E-state index in [4.69, 9.17) is 9.47 Å². The van der Waals surface area contributed by atoms with Gasteiger partial charge in [-0.1, -0.05) is 244 Å². The Bertz CT molecular complexity index is 6840. The predicted molar refractivity (Wildman–Crippen MR) is 498 cm³/mol. The average Bonchev–Trinajstić information content (AvgIpc) is 1.54. The molecule has 21 rings (SSSR count). The minimum atomic E-state index is -0.941. The van der Waals surface area contributed by atoms with Gasteiger partial charge in [-0.15, -0.1) is 11.3 Å². The van der Waals surface area contributed by atoms with Gasteiger partial charge in [-0.2, -0.15) is 0 Å². The molecule has 2 aliphatic rings. The number of fused-ring (bicyclic) bond motifs is 9. The molecule has 9 heteroatoms. The second-order valence-corrected chi connectivity index (χ2v) is 32.4. The Morgan fingerprint density at radius 2 is 0.512 bits per heavy atom. The van der Waals surface area contributed by atoms with Gasteiger partial charge in [-0.3, -0.25) is 0 Å². The van der Waals surface area contributed by atoms with E-state index < -0.39 is 10.8 Å². The van der Waals surface area contributed by atoms with Crippen molar-refractivity contribution < 1.29 is 27.0 Å².